The lowest BCUT2D eigenvalue weighted by Gasteiger charge is -2.17. The van der Waals surface area contributed by atoms with Crippen LogP contribution in [0.1, 0.15) is 24.8 Å². The molecule has 0 saturated heterocycles. The van der Waals surface area contributed by atoms with Crippen molar-refractivity contribution in [2.75, 3.05) is 5.32 Å². The van der Waals surface area contributed by atoms with Crippen LogP contribution in [0.3, 0.4) is 0 Å². The number of carboxylic acids is 1. The molecule has 0 aromatic heterocycles. The van der Waals surface area contributed by atoms with Gasteiger partial charge in [-0.1, -0.05) is 12.5 Å². The number of carbonyl (C=O) groups is 2. The molecule has 0 bridgehead atoms. The minimum Gasteiger partial charge on any atom is -0.481 e. The number of aliphatic carboxylic acids is 1. The molecule has 1 aliphatic rings. The van der Waals surface area contributed by atoms with E-state index in [9.17, 15) is 9.59 Å². The minimum absolute atomic E-state index is 0.171. The number of hydrogen-bond acceptors (Lipinski definition) is 2. The van der Waals surface area contributed by atoms with Gasteiger partial charge in [-0.15, -0.1) is 0 Å². The molecule has 4 nitrogen and oxygen atoms in total. The second-order valence-corrected chi connectivity index (χ2v) is 6.05. The minimum atomic E-state index is -0.864. The maximum atomic E-state index is 12.2. The zero-order chi connectivity index (χ0) is 14.0. The van der Waals surface area contributed by atoms with E-state index in [4.69, 9.17) is 5.11 Å². The summed E-state index contributed by atoms with van der Waals surface area (Å²) in [4.78, 5) is 23.3. The topological polar surface area (TPSA) is 66.4 Å². The normalized spacial score (nSPS) is 22.2. The Morgan fingerprint density at radius 2 is 2.00 bits per heavy atom. The summed E-state index contributed by atoms with van der Waals surface area (Å²) in [6, 6.07) is 5.70. The van der Waals surface area contributed by atoms with Crippen molar-refractivity contribution >= 4 is 40.2 Å². The van der Waals surface area contributed by atoms with Crippen molar-refractivity contribution in [3.8, 4) is 0 Å². The van der Waals surface area contributed by atoms with Gasteiger partial charge in [-0.3, -0.25) is 9.59 Å². The number of carbonyl (C=O) groups excluding carboxylic acids is 1. The highest BCUT2D eigenvalue weighted by atomic mass is 127. The fourth-order valence-corrected chi connectivity index (χ4v) is 3.04. The van der Waals surface area contributed by atoms with Gasteiger partial charge in [0, 0.05) is 9.26 Å². The molecule has 1 aliphatic carbocycles. The number of halogens is 1. The summed E-state index contributed by atoms with van der Waals surface area (Å²) in [7, 11) is 0. The average molecular weight is 373 g/mol. The number of amides is 1. The summed E-state index contributed by atoms with van der Waals surface area (Å²) >= 11 is 2.21. The number of rotatable bonds is 3. The van der Waals surface area contributed by atoms with E-state index in [0.29, 0.717) is 12.8 Å². The maximum Gasteiger partial charge on any atom is 0.307 e. The van der Waals surface area contributed by atoms with Crippen LogP contribution in [0.4, 0.5) is 5.69 Å². The first-order valence-electron chi connectivity index (χ1n) is 6.29. The first-order chi connectivity index (χ1) is 9.00. The average Bonchev–Trinajstić information content (AvgIpc) is 2.84. The molecule has 2 unspecified atom stereocenters. The van der Waals surface area contributed by atoms with Gasteiger partial charge in [0.1, 0.15) is 0 Å². The number of hydrogen-bond donors (Lipinski definition) is 2. The lowest BCUT2D eigenvalue weighted by atomic mass is 9.95. The summed E-state index contributed by atoms with van der Waals surface area (Å²) in [5, 5.41) is 12.0. The SMILES string of the molecule is Cc1c(I)cccc1NC(=O)C1CCCC1C(=O)O. The van der Waals surface area contributed by atoms with Gasteiger partial charge in [0.15, 0.2) is 0 Å². The Labute approximate surface area is 125 Å². The Bertz CT molecular complexity index is 515. The standard InChI is InChI=1S/C14H16INO3/c1-8-11(15)6-3-7-12(8)16-13(17)9-4-2-5-10(9)14(18)19/h3,6-7,9-10H,2,4-5H2,1H3,(H,16,17)(H,18,19). The van der Waals surface area contributed by atoms with E-state index in [2.05, 4.69) is 27.9 Å². The van der Waals surface area contributed by atoms with Gasteiger partial charge in [-0.2, -0.15) is 0 Å². The number of benzene rings is 1. The van der Waals surface area contributed by atoms with Crippen LogP contribution < -0.4 is 5.32 Å². The van der Waals surface area contributed by atoms with Crippen molar-refractivity contribution in [2.24, 2.45) is 11.8 Å². The lowest BCUT2D eigenvalue weighted by molar-refractivity contribution is -0.145. The van der Waals surface area contributed by atoms with Gasteiger partial charge in [0.2, 0.25) is 5.91 Å². The van der Waals surface area contributed by atoms with Gasteiger partial charge >= 0.3 is 5.97 Å². The monoisotopic (exact) mass is 373 g/mol. The quantitative estimate of drug-likeness (QED) is 0.801. The highest BCUT2D eigenvalue weighted by molar-refractivity contribution is 14.1. The third kappa shape index (κ3) is 3.08. The summed E-state index contributed by atoms with van der Waals surface area (Å²) in [5.74, 6) is -1.98. The molecule has 2 rings (SSSR count). The van der Waals surface area contributed by atoms with Crippen molar-refractivity contribution in [1.82, 2.24) is 0 Å². The van der Waals surface area contributed by atoms with Crippen LogP contribution in [-0.4, -0.2) is 17.0 Å². The largest absolute Gasteiger partial charge is 0.481 e. The number of anilines is 1. The molecule has 1 fully saturated rings. The van der Waals surface area contributed by atoms with Crippen molar-refractivity contribution < 1.29 is 14.7 Å². The van der Waals surface area contributed by atoms with E-state index in [-0.39, 0.29) is 5.91 Å². The highest BCUT2D eigenvalue weighted by Crippen LogP contribution is 2.33. The second kappa shape index (κ2) is 5.90. The van der Waals surface area contributed by atoms with Gasteiger partial charge < -0.3 is 10.4 Å². The summed E-state index contributed by atoms with van der Waals surface area (Å²) in [5.41, 5.74) is 1.79. The van der Waals surface area contributed by atoms with Gasteiger partial charge in [0.05, 0.1) is 11.8 Å². The fourth-order valence-electron chi connectivity index (χ4n) is 2.54. The highest BCUT2D eigenvalue weighted by Gasteiger charge is 2.37. The molecule has 0 spiro atoms. The van der Waals surface area contributed by atoms with Crippen molar-refractivity contribution in [3.63, 3.8) is 0 Å². The van der Waals surface area contributed by atoms with Gasteiger partial charge in [-0.05, 0) is 60.1 Å². The van der Waals surface area contributed by atoms with Crippen molar-refractivity contribution in [2.45, 2.75) is 26.2 Å². The van der Waals surface area contributed by atoms with Crippen LogP contribution in [0.2, 0.25) is 0 Å². The molecular formula is C14H16INO3. The molecule has 1 saturated carbocycles. The van der Waals surface area contributed by atoms with Crippen LogP contribution in [0.25, 0.3) is 0 Å². The molecular weight excluding hydrogens is 357 g/mol. The Hall–Kier alpha value is -1.11. The Kier molecular flexibility index (Phi) is 4.44. The van der Waals surface area contributed by atoms with Crippen LogP contribution in [0.5, 0.6) is 0 Å². The first-order valence-corrected chi connectivity index (χ1v) is 7.37. The summed E-state index contributed by atoms with van der Waals surface area (Å²) in [6.45, 7) is 1.95. The van der Waals surface area contributed by atoms with Crippen LogP contribution in [-0.2, 0) is 9.59 Å². The van der Waals surface area contributed by atoms with E-state index in [1.54, 1.807) is 0 Å². The predicted molar refractivity (Wildman–Crippen MR) is 81.0 cm³/mol. The lowest BCUT2D eigenvalue weighted by Crippen LogP contribution is -2.30. The van der Waals surface area contributed by atoms with Crippen LogP contribution in [0.15, 0.2) is 18.2 Å². The third-order valence-corrected chi connectivity index (χ3v) is 4.86. The Morgan fingerprint density at radius 1 is 1.32 bits per heavy atom. The molecule has 1 aromatic rings. The zero-order valence-corrected chi connectivity index (χ0v) is 12.8. The van der Waals surface area contributed by atoms with E-state index < -0.39 is 17.8 Å². The summed E-state index contributed by atoms with van der Waals surface area (Å²) in [6.07, 6.45) is 2.06. The molecule has 0 heterocycles. The molecule has 102 valence electrons. The van der Waals surface area contributed by atoms with Crippen LogP contribution >= 0.6 is 22.6 Å². The van der Waals surface area contributed by atoms with E-state index >= 15 is 0 Å². The molecule has 2 N–H and O–H groups in total. The van der Waals surface area contributed by atoms with Crippen molar-refractivity contribution in [1.29, 1.82) is 0 Å². The zero-order valence-electron chi connectivity index (χ0n) is 10.6. The fraction of sp³-hybridized carbons (Fsp3) is 0.429. The molecule has 0 aliphatic heterocycles. The number of carboxylic acid groups (broad SMARTS) is 1. The third-order valence-electron chi connectivity index (χ3n) is 3.70. The Balaban J connectivity index is 2.13. The van der Waals surface area contributed by atoms with E-state index in [1.807, 2.05) is 25.1 Å². The molecule has 0 radical (unpaired) electrons. The first kappa shape index (κ1) is 14.3. The maximum absolute atomic E-state index is 12.2. The molecule has 5 heteroatoms. The van der Waals surface area contributed by atoms with Gasteiger partial charge in [-0.25, -0.2) is 0 Å². The van der Waals surface area contributed by atoms with Crippen LogP contribution in [0, 0.1) is 22.3 Å². The smallest absolute Gasteiger partial charge is 0.307 e. The van der Waals surface area contributed by atoms with E-state index in [0.717, 1.165) is 21.2 Å². The molecule has 2 atom stereocenters. The molecule has 1 amide bonds. The second-order valence-electron chi connectivity index (χ2n) is 4.88. The van der Waals surface area contributed by atoms with Gasteiger partial charge in [0.25, 0.3) is 0 Å². The molecule has 19 heavy (non-hydrogen) atoms. The van der Waals surface area contributed by atoms with E-state index in [1.165, 1.54) is 0 Å². The van der Waals surface area contributed by atoms with Crippen molar-refractivity contribution in [3.05, 3.63) is 27.3 Å². The Morgan fingerprint density at radius 3 is 2.68 bits per heavy atom. The molecule has 1 aromatic carbocycles. The number of nitrogens with one attached hydrogen (secondary N) is 1. The predicted octanol–water partition coefficient (Wildman–Crippen LogP) is 3.04. The summed E-state index contributed by atoms with van der Waals surface area (Å²) < 4.78 is 1.08.